The first-order valence-electron chi connectivity index (χ1n) is 6.64. The molecular formula is C15H23NO2. The molecule has 18 heavy (non-hydrogen) atoms. The third kappa shape index (κ3) is 3.09. The van der Waals surface area contributed by atoms with Crippen molar-refractivity contribution in [2.75, 3.05) is 12.4 Å². The van der Waals surface area contributed by atoms with E-state index in [1.807, 2.05) is 6.07 Å². The Morgan fingerprint density at radius 1 is 1.28 bits per heavy atom. The predicted octanol–water partition coefficient (Wildman–Crippen LogP) is 3.78. The average molecular weight is 249 g/mol. The first kappa shape index (κ1) is 13.1. The van der Waals surface area contributed by atoms with E-state index < -0.39 is 0 Å². The molecule has 100 valence electrons. The number of benzene rings is 1. The van der Waals surface area contributed by atoms with Gasteiger partial charge in [-0.25, -0.2) is 0 Å². The Labute approximate surface area is 109 Å². The zero-order chi connectivity index (χ0) is 13.2. The number of phenols is 1. The lowest BCUT2D eigenvalue weighted by Crippen LogP contribution is -2.29. The van der Waals surface area contributed by atoms with Gasteiger partial charge in [-0.3, -0.25) is 0 Å². The van der Waals surface area contributed by atoms with Crippen molar-refractivity contribution < 1.29 is 9.84 Å². The summed E-state index contributed by atoms with van der Waals surface area (Å²) in [6.45, 7) is 4.67. The molecule has 0 spiro atoms. The van der Waals surface area contributed by atoms with Gasteiger partial charge in [0.25, 0.3) is 0 Å². The highest BCUT2D eigenvalue weighted by molar-refractivity contribution is 5.54. The van der Waals surface area contributed by atoms with Crippen molar-refractivity contribution in [1.82, 2.24) is 0 Å². The minimum Gasteiger partial charge on any atom is -0.504 e. The number of phenolic OH excluding ortho intramolecular Hbond substituents is 1. The number of hydrogen-bond donors (Lipinski definition) is 2. The Hall–Kier alpha value is -1.38. The second-order valence-electron chi connectivity index (χ2n) is 5.97. The summed E-state index contributed by atoms with van der Waals surface area (Å²) in [5.74, 6) is 0.712. The Morgan fingerprint density at radius 2 is 1.94 bits per heavy atom. The largest absolute Gasteiger partial charge is 0.504 e. The molecule has 0 aliphatic heterocycles. The van der Waals surface area contributed by atoms with Crippen LogP contribution in [-0.2, 0) is 0 Å². The number of methoxy groups -OCH3 is 1. The molecule has 0 aromatic heterocycles. The summed E-state index contributed by atoms with van der Waals surface area (Å²) < 4.78 is 5.04. The fraction of sp³-hybridized carbons (Fsp3) is 0.600. The highest BCUT2D eigenvalue weighted by atomic mass is 16.5. The molecule has 2 N–H and O–H groups in total. The lowest BCUT2D eigenvalue weighted by atomic mass is 9.75. The van der Waals surface area contributed by atoms with Gasteiger partial charge in [0.05, 0.1) is 7.11 Å². The number of rotatable bonds is 3. The van der Waals surface area contributed by atoms with E-state index >= 15 is 0 Å². The molecule has 0 radical (unpaired) electrons. The highest BCUT2D eigenvalue weighted by Crippen LogP contribution is 2.37. The summed E-state index contributed by atoms with van der Waals surface area (Å²) in [6, 6.07) is 6.01. The first-order valence-corrected chi connectivity index (χ1v) is 6.64. The summed E-state index contributed by atoms with van der Waals surface area (Å²) in [7, 11) is 1.56. The lowest BCUT2D eigenvalue weighted by molar-refractivity contribution is 0.232. The molecule has 1 aliphatic carbocycles. The molecule has 1 aliphatic rings. The average Bonchev–Trinajstić information content (AvgIpc) is 2.32. The van der Waals surface area contributed by atoms with Crippen LogP contribution in [0.25, 0.3) is 0 Å². The molecule has 0 heterocycles. The van der Waals surface area contributed by atoms with Gasteiger partial charge in [0.2, 0.25) is 0 Å². The van der Waals surface area contributed by atoms with Crippen LogP contribution in [0.5, 0.6) is 11.5 Å². The van der Waals surface area contributed by atoms with E-state index in [0.717, 1.165) is 5.69 Å². The Kier molecular flexibility index (Phi) is 3.69. The number of nitrogens with one attached hydrogen (secondary N) is 1. The van der Waals surface area contributed by atoms with Crippen LogP contribution in [0.4, 0.5) is 5.69 Å². The minimum absolute atomic E-state index is 0.193. The first-order chi connectivity index (χ1) is 8.50. The summed E-state index contributed by atoms with van der Waals surface area (Å²) >= 11 is 0. The van der Waals surface area contributed by atoms with E-state index in [2.05, 4.69) is 19.2 Å². The molecule has 1 aromatic carbocycles. The van der Waals surface area contributed by atoms with Crippen molar-refractivity contribution in [2.24, 2.45) is 5.41 Å². The van der Waals surface area contributed by atoms with Gasteiger partial charge >= 0.3 is 0 Å². The van der Waals surface area contributed by atoms with Gasteiger partial charge in [-0.2, -0.15) is 0 Å². The van der Waals surface area contributed by atoms with Crippen LogP contribution < -0.4 is 10.1 Å². The second-order valence-corrected chi connectivity index (χ2v) is 5.97. The van der Waals surface area contributed by atoms with Crippen LogP contribution in [0.1, 0.15) is 39.5 Å². The fourth-order valence-corrected chi connectivity index (χ4v) is 2.56. The lowest BCUT2D eigenvalue weighted by Gasteiger charge is -2.35. The van der Waals surface area contributed by atoms with Crippen molar-refractivity contribution in [3.8, 4) is 11.5 Å². The van der Waals surface area contributed by atoms with Crippen LogP contribution in [0, 0.1) is 5.41 Å². The van der Waals surface area contributed by atoms with E-state index in [9.17, 15) is 5.11 Å². The number of aromatic hydroxyl groups is 1. The molecule has 1 aromatic rings. The zero-order valence-electron chi connectivity index (χ0n) is 11.5. The Balaban J connectivity index is 1.96. The molecule has 0 atom stereocenters. The second kappa shape index (κ2) is 5.09. The number of ether oxygens (including phenoxy) is 1. The molecule has 0 unspecified atom stereocenters. The number of anilines is 1. The van der Waals surface area contributed by atoms with E-state index in [1.165, 1.54) is 25.7 Å². The molecule has 3 heteroatoms. The van der Waals surface area contributed by atoms with E-state index in [4.69, 9.17) is 4.74 Å². The van der Waals surface area contributed by atoms with Crippen molar-refractivity contribution in [2.45, 2.75) is 45.6 Å². The van der Waals surface area contributed by atoms with Crippen molar-refractivity contribution in [3.05, 3.63) is 18.2 Å². The van der Waals surface area contributed by atoms with Gasteiger partial charge in [0, 0.05) is 17.8 Å². The van der Waals surface area contributed by atoms with Gasteiger partial charge in [0.1, 0.15) is 0 Å². The van der Waals surface area contributed by atoms with E-state index in [-0.39, 0.29) is 5.75 Å². The molecular weight excluding hydrogens is 226 g/mol. The molecule has 2 rings (SSSR count). The smallest absolute Gasteiger partial charge is 0.160 e. The normalized spacial score (nSPS) is 19.5. The van der Waals surface area contributed by atoms with E-state index in [0.29, 0.717) is 17.2 Å². The monoisotopic (exact) mass is 249 g/mol. The number of hydrogen-bond acceptors (Lipinski definition) is 3. The van der Waals surface area contributed by atoms with Gasteiger partial charge in [-0.1, -0.05) is 13.8 Å². The fourth-order valence-electron chi connectivity index (χ4n) is 2.56. The molecule has 0 bridgehead atoms. The summed E-state index contributed by atoms with van der Waals surface area (Å²) in [5.41, 5.74) is 1.46. The molecule has 3 nitrogen and oxygen atoms in total. The molecule has 1 saturated carbocycles. The topological polar surface area (TPSA) is 41.5 Å². The van der Waals surface area contributed by atoms with E-state index in [1.54, 1.807) is 19.2 Å². The maximum absolute atomic E-state index is 9.74. The quantitative estimate of drug-likeness (QED) is 0.856. The van der Waals surface area contributed by atoms with Crippen LogP contribution in [-0.4, -0.2) is 18.3 Å². The van der Waals surface area contributed by atoms with Gasteiger partial charge in [-0.15, -0.1) is 0 Å². The molecule has 0 saturated heterocycles. The van der Waals surface area contributed by atoms with Crippen LogP contribution in [0.15, 0.2) is 18.2 Å². The van der Waals surface area contributed by atoms with Crippen LogP contribution >= 0.6 is 0 Å². The van der Waals surface area contributed by atoms with Crippen molar-refractivity contribution in [1.29, 1.82) is 0 Å². The third-order valence-corrected chi connectivity index (χ3v) is 3.89. The summed E-state index contributed by atoms with van der Waals surface area (Å²) in [5, 5.41) is 13.2. The molecule has 0 amide bonds. The summed E-state index contributed by atoms with van der Waals surface area (Å²) in [6.07, 6.45) is 4.90. The third-order valence-electron chi connectivity index (χ3n) is 3.89. The van der Waals surface area contributed by atoms with Crippen LogP contribution in [0.2, 0.25) is 0 Å². The Morgan fingerprint density at radius 3 is 2.50 bits per heavy atom. The zero-order valence-corrected chi connectivity index (χ0v) is 11.5. The van der Waals surface area contributed by atoms with Gasteiger partial charge < -0.3 is 15.2 Å². The van der Waals surface area contributed by atoms with Crippen molar-refractivity contribution in [3.63, 3.8) is 0 Å². The molecule has 1 fully saturated rings. The highest BCUT2D eigenvalue weighted by Gasteiger charge is 2.26. The SMILES string of the molecule is COc1ccc(NC2CCC(C)(C)CC2)cc1O. The maximum atomic E-state index is 9.74. The predicted molar refractivity (Wildman–Crippen MR) is 74.3 cm³/mol. The van der Waals surface area contributed by atoms with Gasteiger partial charge in [-0.05, 0) is 43.2 Å². The van der Waals surface area contributed by atoms with Crippen LogP contribution in [0.3, 0.4) is 0 Å². The summed E-state index contributed by atoms with van der Waals surface area (Å²) in [4.78, 5) is 0. The van der Waals surface area contributed by atoms with Crippen molar-refractivity contribution >= 4 is 5.69 Å². The Bertz CT molecular complexity index is 405. The maximum Gasteiger partial charge on any atom is 0.160 e. The standard InChI is InChI=1S/C15H23NO2/c1-15(2)8-6-11(7-9-15)16-12-4-5-14(18-3)13(17)10-12/h4-5,10-11,16-17H,6-9H2,1-3H3. The van der Waals surface area contributed by atoms with Gasteiger partial charge in [0.15, 0.2) is 11.5 Å². The minimum atomic E-state index is 0.193.